The number of nitrogens with one attached hydrogen (secondary N) is 1. The van der Waals surface area contributed by atoms with E-state index in [2.05, 4.69) is 5.32 Å². The van der Waals surface area contributed by atoms with E-state index in [-0.39, 0.29) is 25.7 Å². The van der Waals surface area contributed by atoms with Gasteiger partial charge in [0, 0.05) is 10.6 Å². The molecule has 0 saturated carbocycles. The van der Waals surface area contributed by atoms with Gasteiger partial charge >= 0.3 is 5.97 Å². The minimum Gasteiger partial charge on any atom is -0.768 e. The molecule has 0 aliphatic carbocycles. The van der Waals surface area contributed by atoms with Crippen LogP contribution in [-0.4, -0.2) is 25.7 Å². The molecule has 1 unspecified atom stereocenters. The summed E-state index contributed by atoms with van der Waals surface area (Å²) in [5.41, 5.74) is -0.866. The predicted molar refractivity (Wildman–Crippen MR) is 95.0 cm³/mol. The Bertz CT molecular complexity index is 901. The third kappa shape index (κ3) is 4.08. The number of amides is 1. The zero-order valence-corrected chi connectivity index (χ0v) is 15.6. The molecule has 2 N–H and O–H groups in total. The van der Waals surface area contributed by atoms with Gasteiger partial charge in [-0.3, -0.25) is 9.00 Å². The maximum atomic E-state index is 12.5. The van der Waals surface area contributed by atoms with E-state index in [9.17, 15) is 23.5 Å². The highest BCUT2D eigenvalue weighted by atomic mass is 35.5. The smallest absolute Gasteiger partial charge is 0.338 e. The van der Waals surface area contributed by atoms with Gasteiger partial charge in [0.05, 0.1) is 31.2 Å². The van der Waals surface area contributed by atoms with E-state index in [4.69, 9.17) is 46.4 Å². The second-order valence-electron chi connectivity index (χ2n) is 4.52. The van der Waals surface area contributed by atoms with Crippen LogP contribution in [0.1, 0.15) is 20.7 Å². The molecule has 6 nitrogen and oxygen atoms in total. The molecule has 0 aliphatic rings. The molecule has 0 aromatic heterocycles. The highest BCUT2D eigenvalue weighted by Crippen LogP contribution is 2.41. The van der Waals surface area contributed by atoms with Gasteiger partial charge < -0.3 is 15.0 Å². The van der Waals surface area contributed by atoms with Gasteiger partial charge in [-0.1, -0.05) is 46.4 Å². The fourth-order valence-corrected chi connectivity index (χ4v) is 3.27. The van der Waals surface area contributed by atoms with E-state index in [1.165, 1.54) is 24.3 Å². The first-order valence-corrected chi connectivity index (χ1v) is 8.83. The van der Waals surface area contributed by atoms with E-state index in [0.717, 1.165) is 0 Å². The number of hydrogen-bond acceptors (Lipinski definition) is 4. The van der Waals surface area contributed by atoms with Gasteiger partial charge in [0.1, 0.15) is 0 Å². The Morgan fingerprint density at radius 2 is 1.40 bits per heavy atom. The molecule has 0 saturated heterocycles. The standard InChI is InChI=1S/C14H7Cl4NO5S/c15-9-7(8(14(21)22)10(16)12(18)11(9)17)13(20)19-5-1-3-6(4-2-5)25(23)24/h1-4H,(H,19,20)(H,21,22)(H,23,24)/p-1. The maximum Gasteiger partial charge on any atom is 0.338 e. The summed E-state index contributed by atoms with van der Waals surface area (Å²) in [6, 6.07) is 5.13. The summed E-state index contributed by atoms with van der Waals surface area (Å²) in [5, 5.41) is 10.3. The van der Waals surface area contributed by atoms with Crippen LogP contribution in [-0.2, 0) is 11.1 Å². The van der Waals surface area contributed by atoms with Crippen molar-refractivity contribution in [1.29, 1.82) is 0 Å². The van der Waals surface area contributed by atoms with Crippen LogP contribution < -0.4 is 5.32 Å². The van der Waals surface area contributed by atoms with Gasteiger partial charge in [-0.05, 0) is 35.3 Å². The molecule has 1 atom stereocenters. The average Bonchev–Trinajstić information content (AvgIpc) is 2.55. The van der Waals surface area contributed by atoms with Crippen LogP contribution in [0.3, 0.4) is 0 Å². The van der Waals surface area contributed by atoms with Crippen molar-refractivity contribution in [3.05, 3.63) is 55.5 Å². The molecular weight excluding hydrogens is 436 g/mol. The largest absolute Gasteiger partial charge is 0.768 e. The Kier molecular flexibility index (Phi) is 6.31. The summed E-state index contributed by atoms with van der Waals surface area (Å²) >= 11 is 21.1. The van der Waals surface area contributed by atoms with Crippen molar-refractivity contribution in [1.82, 2.24) is 0 Å². The number of rotatable bonds is 4. The highest BCUT2D eigenvalue weighted by Gasteiger charge is 2.28. The maximum absolute atomic E-state index is 12.5. The van der Waals surface area contributed by atoms with Crippen molar-refractivity contribution < 1.29 is 23.5 Å². The molecule has 1 amide bonds. The van der Waals surface area contributed by atoms with Gasteiger partial charge in [-0.2, -0.15) is 0 Å². The fourth-order valence-electron chi connectivity index (χ4n) is 1.89. The quantitative estimate of drug-likeness (QED) is 0.413. The number of halogens is 4. The van der Waals surface area contributed by atoms with Gasteiger partial charge in [-0.25, -0.2) is 4.79 Å². The molecule has 2 aromatic carbocycles. The van der Waals surface area contributed by atoms with Crippen LogP contribution >= 0.6 is 46.4 Å². The minimum absolute atomic E-state index is 0.0137. The van der Waals surface area contributed by atoms with Crippen molar-refractivity contribution in [2.24, 2.45) is 0 Å². The van der Waals surface area contributed by atoms with E-state index < -0.39 is 39.1 Å². The van der Waals surface area contributed by atoms with Crippen LogP contribution in [0.2, 0.25) is 20.1 Å². The molecule has 0 heterocycles. The first-order valence-electron chi connectivity index (χ1n) is 6.25. The molecule has 0 radical (unpaired) electrons. The van der Waals surface area contributed by atoms with Crippen LogP contribution in [0.15, 0.2) is 29.2 Å². The Morgan fingerprint density at radius 1 is 0.920 bits per heavy atom. The minimum atomic E-state index is -2.42. The van der Waals surface area contributed by atoms with Crippen LogP contribution in [0.25, 0.3) is 0 Å². The zero-order valence-electron chi connectivity index (χ0n) is 11.8. The molecular formula is C14H6Cl4NO5S-. The molecule has 0 bridgehead atoms. The Hall–Kier alpha value is -1.35. The van der Waals surface area contributed by atoms with Crippen LogP contribution in [0.5, 0.6) is 0 Å². The van der Waals surface area contributed by atoms with Crippen molar-refractivity contribution in [2.45, 2.75) is 4.90 Å². The van der Waals surface area contributed by atoms with Gasteiger partial charge in [0.15, 0.2) is 0 Å². The number of carbonyl (C=O) groups is 2. The number of hydrogen-bond donors (Lipinski definition) is 2. The molecule has 0 fully saturated rings. The van der Waals surface area contributed by atoms with Gasteiger partial charge in [0.25, 0.3) is 5.91 Å². The summed E-state index contributed by atoms with van der Waals surface area (Å²) in [5.74, 6) is -2.42. The topological polar surface area (TPSA) is 107 Å². The Morgan fingerprint density at radius 3 is 1.84 bits per heavy atom. The Labute approximate surface area is 163 Å². The van der Waals surface area contributed by atoms with E-state index in [1.807, 2.05) is 0 Å². The van der Waals surface area contributed by atoms with Crippen molar-refractivity contribution in [2.75, 3.05) is 5.32 Å². The lowest BCUT2D eigenvalue weighted by Crippen LogP contribution is -2.18. The molecule has 0 spiro atoms. The van der Waals surface area contributed by atoms with E-state index in [0.29, 0.717) is 0 Å². The molecule has 0 aliphatic heterocycles. The van der Waals surface area contributed by atoms with Gasteiger partial charge in [-0.15, -0.1) is 0 Å². The summed E-state index contributed by atoms with van der Waals surface area (Å²) in [4.78, 5) is 23.9. The van der Waals surface area contributed by atoms with Crippen LogP contribution in [0, 0.1) is 0 Å². The third-order valence-corrected chi connectivity index (χ3v) is 5.47. The first kappa shape index (κ1) is 20.0. The summed E-state index contributed by atoms with van der Waals surface area (Å²) in [7, 11) is 0. The molecule has 2 aromatic rings. The van der Waals surface area contributed by atoms with Crippen LogP contribution in [0.4, 0.5) is 5.69 Å². The number of anilines is 1. The summed E-state index contributed by atoms with van der Waals surface area (Å²) in [6.45, 7) is 0. The average molecular weight is 442 g/mol. The third-order valence-electron chi connectivity index (χ3n) is 3.01. The molecule has 11 heteroatoms. The molecule has 132 valence electrons. The number of carboxylic acid groups (broad SMARTS) is 1. The molecule has 2 rings (SSSR count). The first-order chi connectivity index (χ1) is 11.6. The summed E-state index contributed by atoms with van der Waals surface area (Å²) in [6.07, 6.45) is 0. The lowest BCUT2D eigenvalue weighted by molar-refractivity contribution is 0.0692. The lowest BCUT2D eigenvalue weighted by Gasteiger charge is -2.14. The number of carbonyl (C=O) groups excluding carboxylic acids is 1. The highest BCUT2D eigenvalue weighted by molar-refractivity contribution is 7.79. The van der Waals surface area contributed by atoms with E-state index in [1.54, 1.807) is 0 Å². The summed E-state index contributed by atoms with van der Waals surface area (Å²) < 4.78 is 21.6. The predicted octanol–water partition coefficient (Wildman–Crippen LogP) is 4.49. The molecule has 25 heavy (non-hydrogen) atoms. The lowest BCUT2D eigenvalue weighted by atomic mass is 10.1. The number of benzene rings is 2. The monoisotopic (exact) mass is 440 g/mol. The zero-order chi connectivity index (χ0) is 18.9. The Balaban J connectivity index is 2.48. The van der Waals surface area contributed by atoms with Crippen molar-refractivity contribution in [3.63, 3.8) is 0 Å². The second-order valence-corrected chi connectivity index (χ2v) is 6.98. The van der Waals surface area contributed by atoms with Crippen molar-refractivity contribution >= 4 is 75.0 Å². The second kappa shape index (κ2) is 7.90. The van der Waals surface area contributed by atoms with E-state index >= 15 is 0 Å². The number of aromatic carboxylic acids is 1. The van der Waals surface area contributed by atoms with Gasteiger partial charge in [0.2, 0.25) is 0 Å². The fraction of sp³-hybridized carbons (Fsp3) is 0. The normalized spacial score (nSPS) is 11.9. The number of carboxylic acids is 1. The SMILES string of the molecule is O=C(O)c1c(Cl)c(Cl)c(Cl)c(Cl)c1C(=O)Nc1ccc(S(=O)[O-])cc1. The van der Waals surface area contributed by atoms with Crippen molar-refractivity contribution in [3.8, 4) is 0 Å².